The van der Waals surface area contributed by atoms with Crippen molar-refractivity contribution in [3.63, 3.8) is 0 Å². The Morgan fingerprint density at radius 3 is 2.73 bits per heavy atom. The Balaban J connectivity index is 2.11. The topological polar surface area (TPSA) is 3.24 Å². The average molecular weight is 207 g/mol. The quantitative estimate of drug-likeness (QED) is 0.734. The zero-order chi connectivity index (χ0) is 10.7. The smallest absolute Gasteiger partial charge is 0.123 e. The van der Waals surface area contributed by atoms with Gasteiger partial charge in [0.15, 0.2) is 0 Å². The number of hydrogen-bond acceptors (Lipinski definition) is 1. The van der Waals surface area contributed by atoms with Crippen molar-refractivity contribution in [1.29, 1.82) is 0 Å². The predicted molar refractivity (Wildman–Crippen MR) is 60.2 cm³/mol. The highest BCUT2D eigenvalue weighted by Crippen LogP contribution is 2.31. The molecule has 1 saturated heterocycles. The Morgan fingerprint density at radius 2 is 2.07 bits per heavy atom. The van der Waals surface area contributed by atoms with Gasteiger partial charge in [0.2, 0.25) is 0 Å². The summed E-state index contributed by atoms with van der Waals surface area (Å²) in [6.07, 6.45) is 3.67. The van der Waals surface area contributed by atoms with Crippen molar-refractivity contribution in [2.75, 3.05) is 13.1 Å². The molecule has 1 unspecified atom stereocenters. The van der Waals surface area contributed by atoms with Gasteiger partial charge < -0.3 is 0 Å². The summed E-state index contributed by atoms with van der Waals surface area (Å²) >= 11 is 0. The summed E-state index contributed by atoms with van der Waals surface area (Å²) in [5.74, 6) is -0.140. The predicted octanol–water partition coefficient (Wildman–Crippen LogP) is 3.37. The molecule has 0 aliphatic carbocycles. The molecule has 0 bridgehead atoms. The lowest BCUT2D eigenvalue weighted by molar-refractivity contribution is 0.258. The second kappa shape index (κ2) is 4.75. The molecule has 82 valence electrons. The van der Waals surface area contributed by atoms with Crippen molar-refractivity contribution in [1.82, 2.24) is 4.90 Å². The van der Waals surface area contributed by atoms with Crippen LogP contribution in [0.4, 0.5) is 4.39 Å². The molecule has 0 aromatic heterocycles. The summed E-state index contributed by atoms with van der Waals surface area (Å²) in [7, 11) is 0. The Hall–Kier alpha value is -0.890. The molecule has 1 aromatic rings. The Bertz CT molecular complexity index is 307. The third kappa shape index (κ3) is 2.37. The maximum atomic E-state index is 12.8. The second-order valence-corrected chi connectivity index (χ2v) is 4.25. The van der Waals surface area contributed by atoms with Gasteiger partial charge in [-0.25, -0.2) is 4.39 Å². The Labute approximate surface area is 90.9 Å². The van der Waals surface area contributed by atoms with Gasteiger partial charge in [-0.3, -0.25) is 4.90 Å². The van der Waals surface area contributed by atoms with Crippen LogP contribution in [-0.4, -0.2) is 18.0 Å². The van der Waals surface area contributed by atoms with E-state index in [1.807, 2.05) is 12.1 Å². The molecular formula is C13H18FN. The summed E-state index contributed by atoms with van der Waals surface area (Å²) in [6, 6.07) is 7.50. The molecule has 1 aliphatic heterocycles. The van der Waals surface area contributed by atoms with Crippen LogP contribution in [0.5, 0.6) is 0 Å². The number of halogens is 1. The van der Waals surface area contributed by atoms with Crippen LogP contribution >= 0.6 is 0 Å². The molecule has 0 spiro atoms. The first-order chi connectivity index (χ1) is 7.31. The van der Waals surface area contributed by atoms with Gasteiger partial charge in [0.1, 0.15) is 5.82 Å². The van der Waals surface area contributed by atoms with Crippen LogP contribution in [-0.2, 0) is 0 Å². The van der Waals surface area contributed by atoms with E-state index in [1.165, 1.54) is 31.4 Å². The molecule has 1 aliphatic rings. The highest BCUT2D eigenvalue weighted by atomic mass is 19.1. The van der Waals surface area contributed by atoms with Crippen molar-refractivity contribution >= 4 is 0 Å². The minimum atomic E-state index is -0.140. The van der Waals surface area contributed by atoms with Gasteiger partial charge in [-0.1, -0.05) is 19.1 Å². The monoisotopic (exact) mass is 207 g/mol. The number of hydrogen-bond donors (Lipinski definition) is 0. The molecule has 1 atom stereocenters. The summed E-state index contributed by atoms with van der Waals surface area (Å²) < 4.78 is 12.8. The highest BCUT2D eigenvalue weighted by molar-refractivity contribution is 5.20. The highest BCUT2D eigenvalue weighted by Gasteiger charge is 2.24. The summed E-state index contributed by atoms with van der Waals surface area (Å²) in [4.78, 5) is 2.51. The molecule has 1 fully saturated rings. The van der Waals surface area contributed by atoms with Crippen LogP contribution in [0.1, 0.15) is 37.8 Å². The van der Waals surface area contributed by atoms with Crippen LogP contribution in [0.2, 0.25) is 0 Å². The zero-order valence-corrected chi connectivity index (χ0v) is 9.25. The number of nitrogens with zero attached hydrogens (tertiary/aromatic N) is 1. The lowest BCUT2D eigenvalue weighted by Gasteiger charge is -2.24. The van der Waals surface area contributed by atoms with Gasteiger partial charge in [-0.15, -0.1) is 0 Å². The SMILES string of the molecule is CCCN1CCCC1c1ccc(F)cc1. The van der Waals surface area contributed by atoms with Crippen molar-refractivity contribution in [2.24, 2.45) is 0 Å². The Morgan fingerprint density at radius 1 is 1.33 bits per heavy atom. The molecule has 2 rings (SSSR count). The van der Waals surface area contributed by atoms with Gasteiger partial charge in [-0.2, -0.15) is 0 Å². The number of likely N-dealkylation sites (tertiary alicyclic amines) is 1. The van der Waals surface area contributed by atoms with E-state index in [9.17, 15) is 4.39 Å². The van der Waals surface area contributed by atoms with E-state index in [1.54, 1.807) is 12.1 Å². The molecule has 0 saturated carbocycles. The van der Waals surface area contributed by atoms with E-state index >= 15 is 0 Å². The van der Waals surface area contributed by atoms with E-state index in [0.717, 1.165) is 6.54 Å². The maximum Gasteiger partial charge on any atom is 0.123 e. The van der Waals surface area contributed by atoms with Gasteiger partial charge in [0, 0.05) is 6.04 Å². The second-order valence-electron chi connectivity index (χ2n) is 4.25. The first-order valence-electron chi connectivity index (χ1n) is 5.81. The van der Waals surface area contributed by atoms with Crippen molar-refractivity contribution < 1.29 is 4.39 Å². The molecule has 15 heavy (non-hydrogen) atoms. The van der Waals surface area contributed by atoms with Crippen LogP contribution in [0, 0.1) is 5.82 Å². The van der Waals surface area contributed by atoms with Gasteiger partial charge >= 0.3 is 0 Å². The molecule has 0 amide bonds. The van der Waals surface area contributed by atoms with Gasteiger partial charge in [0.05, 0.1) is 0 Å². The minimum absolute atomic E-state index is 0.140. The summed E-state index contributed by atoms with van der Waals surface area (Å²) in [5.41, 5.74) is 1.27. The molecule has 1 nitrogen and oxygen atoms in total. The molecule has 0 N–H and O–H groups in total. The normalized spacial score (nSPS) is 22.1. The van der Waals surface area contributed by atoms with Crippen molar-refractivity contribution in [3.05, 3.63) is 35.6 Å². The third-order valence-corrected chi connectivity index (χ3v) is 3.13. The molecule has 1 heterocycles. The fraction of sp³-hybridized carbons (Fsp3) is 0.538. The number of rotatable bonds is 3. The van der Waals surface area contributed by atoms with Crippen LogP contribution < -0.4 is 0 Å². The van der Waals surface area contributed by atoms with Gasteiger partial charge in [0.25, 0.3) is 0 Å². The fourth-order valence-corrected chi connectivity index (χ4v) is 2.44. The fourth-order valence-electron chi connectivity index (χ4n) is 2.44. The standard InChI is InChI=1S/C13H18FN/c1-2-9-15-10-3-4-13(15)11-5-7-12(14)8-6-11/h5-8,13H,2-4,9-10H2,1H3. The lowest BCUT2D eigenvalue weighted by atomic mass is 10.0. The summed E-state index contributed by atoms with van der Waals surface area (Å²) in [5, 5.41) is 0. The van der Waals surface area contributed by atoms with E-state index in [4.69, 9.17) is 0 Å². The molecule has 0 radical (unpaired) electrons. The largest absolute Gasteiger partial charge is 0.296 e. The lowest BCUT2D eigenvalue weighted by Crippen LogP contribution is -2.23. The van der Waals surface area contributed by atoms with Crippen molar-refractivity contribution in [3.8, 4) is 0 Å². The zero-order valence-electron chi connectivity index (χ0n) is 9.25. The first kappa shape index (κ1) is 10.6. The van der Waals surface area contributed by atoms with E-state index in [0.29, 0.717) is 6.04 Å². The summed E-state index contributed by atoms with van der Waals surface area (Å²) in [6.45, 7) is 4.55. The minimum Gasteiger partial charge on any atom is -0.296 e. The molecule has 1 aromatic carbocycles. The third-order valence-electron chi connectivity index (χ3n) is 3.13. The molecule has 2 heteroatoms. The average Bonchev–Trinajstić information content (AvgIpc) is 2.68. The van der Waals surface area contributed by atoms with E-state index in [2.05, 4.69) is 11.8 Å². The van der Waals surface area contributed by atoms with Gasteiger partial charge in [-0.05, 0) is 50.0 Å². The van der Waals surface area contributed by atoms with Crippen LogP contribution in [0.15, 0.2) is 24.3 Å². The maximum absolute atomic E-state index is 12.8. The van der Waals surface area contributed by atoms with Crippen LogP contribution in [0.3, 0.4) is 0 Å². The first-order valence-corrected chi connectivity index (χ1v) is 5.81. The molecular weight excluding hydrogens is 189 g/mol. The van der Waals surface area contributed by atoms with E-state index in [-0.39, 0.29) is 5.82 Å². The number of benzene rings is 1. The van der Waals surface area contributed by atoms with Crippen LogP contribution in [0.25, 0.3) is 0 Å². The van der Waals surface area contributed by atoms with Crippen molar-refractivity contribution in [2.45, 2.75) is 32.2 Å². The van der Waals surface area contributed by atoms with E-state index < -0.39 is 0 Å². The Kier molecular flexibility index (Phi) is 3.37.